The molecule has 0 aliphatic carbocycles. The molecule has 0 saturated carbocycles. The fraction of sp³-hybridized carbons (Fsp3) is 0.833. The number of hydrogen-bond donors (Lipinski definition) is 0. The monoisotopic (exact) mass is 324 g/mol. The number of aldehydes is 1. The van der Waals surface area contributed by atoms with Crippen LogP contribution in [0.1, 0.15) is 61.8 Å². The minimum atomic E-state index is -1.86. The van der Waals surface area contributed by atoms with Crippen molar-refractivity contribution in [3.05, 3.63) is 0 Å². The lowest BCUT2D eigenvalue weighted by atomic mass is 10.0. The van der Waals surface area contributed by atoms with Gasteiger partial charge in [-0.1, -0.05) is 47.5 Å². The molecular weight excluding hydrogens is 292 g/mol. The Bertz CT molecular complexity index is 435. The Labute approximate surface area is 137 Å². The van der Waals surface area contributed by atoms with Crippen LogP contribution in [0.25, 0.3) is 0 Å². The molecule has 1 atom stereocenters. The molecule has 4 heteroatoms. The van der Waals surface area contributed by atoms with Crippen LogP contribution in [-0.4, -0.2) is 32.4 Å². The van der Waals surface area contributed by atoms with E-state index in [1.807, 2.05) is 13.8 Å². The van der Waals surface area contributed by atoms with Crippen LogP contribution in [-0.2, 0) is 14.3 Å². The molecule has 1 heterocycles. The van der Waals surface area contributed by atoms with Gasteiger partial charge in [0.2, 0.25) is 0 Å². The molecular formula is C18H32O3Si. The minimum Gasteiger partial charge on any atom is -0.350 e. The molecule has 1 rings (SSSR count). The van der Waals surface area contributed by atoms with E-state index in [2.05, 4.69) is 53.0 Å². The molecule has 0 aromatic rings. The van der Waals surface area contributed by atoms with E-state index in [4.69, 9.17) is 9.47 Å². The van der Waals surface area contributed by atoms with Gasteiger partial charge in [-0.25, -0.2) is 0 Å². The maximum absolute atomic E-state index is 11.7. The molecule has 126 valence electrons. The largest absolute Gasteiger partial charge is 0.350 e. The SMILES string of the molecule is CC(C)[Si](C#C[C@@]1(C=O)CCOC(C)(C)O1)(C(C)C)C(C)C. The van der Waals surface area contributed by atoms with Gasteiger partial charge < -0.3 is 9.47 Å². The highest BCUT2D eigenvalue weighted by molar-refractivity contribution is 6.90. The van der Waals surface area contributed by atoms with Gasteiger partial charge in [-0.3, -0.25) is 4.79 Å². The van der Waals surface area contributed by atoms with Gasteiger partial charge in [0.15, 0.2) is 17.7 Å². The van der Waals surface area contributed by atoms with Gasteiger partial charge in [-0.15, -0.1) is 5.54 Å². The third-order valence-corrected chi connectivity index (χ3v) is 11.2. The van der Waals surface area contributed by atoms with E-state index in [0.717, 1.165) is 6.29 Å². The zero-order valence-electron chi connectivity index (χ0n) is 15.4. The van der Waals surface area contributed by atoms with Crippen LogP contribution in [0.15, 0.2) is 0 Å². The second-order valence-electron chi connectivity index (χ2n) is 7.75. The molecule has 0 aromatic carbocycles. The van der Waals surface area contributed by atoms with Gasteiger partial charge >= 0.3 is 0 Å². The van der Waals surface area contributed by atoms with Crippen LogP contribution >= 0.6 is 0 Å². The number of carbonyl (C=O) groups excluding carboxylic acids is 1. The summed E-state index contributed by atoms with van der Waals surface area (Å²) >= 11 is 0. The molecule has 0 aromatic heterocycles. The molecule has 22 heavy (non-hydrogen) atoms. The van der Waals surface area contributed by atoms with E-state index in [1.54, 1.807) is 0 Å². The maximum atomic E-state index is 11.7. The van der Waals surface area contributed by atoms with Crippen LogP contribution in [0.4, 0.5) is 0 Å². The first kappa shape index (κ1) is 19.4. The second-order valence-corrected chi connectivity index (χ2v) is 13.3. The predicted molar refractivity (Wildman–Crippen MR) is 93.4 cm³/mol. The number of rotatable bonds is 4. The average Bonchev–Trinajstić information content (AvgIpc) is 2.36. The summed E-state index contributed by atoms with van der Waals surface area (Å²) in [7, 11) is -1.86. The van der Waals surface area contributed by atoms with Gasteiger partial charge in [0.05, 0.1) is 6.61 Å². The zero-order valence-corrected chi connectivity index (χ0v) is 16.4. The van der Waals surface area contributed by atoms with Gasteiger partial charge in [0.1, 0.15) is 8.07 Å². The summed E-state index contributed by atoms with van der Waals surface area (Å²) in [5.41, 5.74) is 4.21. The molecule has 0 radical (unpaired) electrons. The summed E-state index contributed by atoms with van der Waals surface area (Å²) < 4.78 is 11.5. The standard InChI is InChI=1S/C18H32O3Si/c1-14(2)22(15(3)4,16(5)6)12-10-18(13-19)9-11-20-17(7,8)21-18/h13-16H,9,11H2,1-8H3/t18-/m1/s1. The van der Waals surface area contributed by atoms with Crippen LogP contribution in [0, 0.1) is 11.5 Å². The van der Waals surface area contributed by atoms with Crippen molar-refractivity contribution >= 4 is 14.4 Å². The summed E-state index contributed by atoms with van der Waals surface area (Å²) in [6, 6.07) is 0. The van der Waals surface area contributed by atoms with Crippen molar-refractivity contribution in [1.82, 2.24) is 0 Å². The normalized spacial score (nSPS) is 25.2. The molecule has 0 amide bonds. The molecule has 0 N–H and O–H groups in total. The predicted octanol–water partition coefficient (Wildman–Crippen LogP) is 4.32. The quantitative estimate of drug-likeness (QED) is 0.439. The van der Waals surface area contributed by atoms with Crippen LogP contribution in [0.5, 0.6) is 0 Å². The summed E-state index contributed by atoms with van der Waals surface area (Å²) in [5, 5.41) is 0. The Morgan fingerprint density at radius 1 is 1.05 bits per heavy atom. The third-order valence-electron chi connectivity index (χ3n) is 4.90. The molecule has 3 nitrogen and oxygen atoms in total. The Kier molecular flexibility index (Phi) is 6.05. The highest BCUT2D eigenvalue weighted by atomic mass is 28.3. The van der Waals surface area contributed by atoms with Crippen molar-refractivity contribution in [3.63, 3.8) is 0 Å². The Balaban J connectivity index is 3.28. The van der Waals surface area contributed by atoms with E-state index in [0.29, 0.717) is 29.7 Å². The Morgan fingerprint density at radius 2 is 1.55 bits per heavy atom. The lowest BCUT2D eigenvalue weighted by molar-refractivity contribution is -0.283. The molecule has 0 unspecified atom stereocenters. The highest BCUT2D eigenvalue weighted by Crippen LogP contribution is 2.41. The van der Waals surface area contributed by atoms with Crippen molar-refractivity contribution < 1.29 is 14.3 Å². The Hall–Kier alpha value is -0.633. The lowest BCUT2D eigenvalue weighted by Gasteiger charge is -2.41. The number of ether oxygens (including phenoxy) is 2. The maximum Gasteiger partial charge on any atom is 0.188 e. The highest BCUT2D eigenvalue weighted by Gasteiger charge is 2.44. The topological polar surface area (TPSA) is 35.5 Å². The summed E-state index contributed by atoms with van der Waals surface area (Å²) in [6.07, 6.45) is 1.37. The minimum absolute atomic E-state index is 0.500. The summed E-state index contributed by atoms with van der Waals surface area (Å²) in [5.74, 6) is 2.51. The van der Waals surface area contributed by atoms with Crippen molar-refractivity contribution in [2.75, 3.05) is 6.61 Å². The van der Waals surface area contributed by atoms with Crippen molar-refractivity contribution in [1.29, 1.82) is 0 Å². The molecule has 0 spiro atoms. The van der Waals surface area contributed by atoms with Crippen molar-refractivity contribution in [2.45, 2.75) is 89.8 Å². The molecule has 1 saturated heterocycles. The van der Waals surface area contributed by atoms with Crippen LogP contribution in [0.3, 0.4) is 0 Å². The van der Waals surface area contributed by atoms with Gasteiger partial charge in [0, 0.05) is 6.42 Å². The number of carbonyl (C=O) groups is 1. The van der Waals surface area contributed by atoms with Gasteiger partial charge in [0.25, 0.3) is 0 Å². The summed E-state index contributed by atoms with van der Waals surface area (Å²) in [6.45, 7) is 17.8. The zero-order chi connectivity index (χ0) is 17.2. The van der Waals surface area contributed by atoms with Crippen molar-refractivity contribution in [3.8, 4) is 11.5 Å². The molecule has 1 aliphatic rings. The number of hydrogen-bond acceptors (Lipinski definition) is 3. The molecule has 0 bridgehead atoms. The summed E-state index contributed by atoms with van der Waals surface area (Å²) in [4.78, 5) is 11.7. The lowest BCUT2D eigenvalue weighted by Crippen LogP contribution is -2.50. The third kappa shape index (κ3) is 3.82. The van der Waals surface area contributed by atoms with Crippen molar-refractivity contribution in [2.24, 2.45) is 0 Å². The first-order valence-corrected chi connectivity index (χ1v) is 10.6. The average molecular weight is 325 g/mol. The fourth-order valence-corrected chi connectivity index (χ4v) is 9.11. The first-order chi connectivity index (χ1) is 10.0. The second kappa shape index (κ2) is 6.86. The van der Waals surface area contributed by atoms with Gasteiger partial charge in [-0.05, 0) is 30.5 Å². The first-order valence-electron chi connectivity index (χ1n) is 8.36. The molecule has 1 fully saturated rings. The van der Waals surface area contributed by atoms with E-state index in [9.17, 15) is 4.79 Å². The smallest absolute Gasteiger partial charge is 0.188 e. The van der Waals surface area contributed by atoms with E-state index < -0.39 is 19.5 Å². The van der Waals surface area contributed by atoms with E-state index in [-0.39, 0.29) is 0 Å². The fourth-order valence-electron chi connectivity index (χ4n) is 3.82. The van der Waals surface area contributed by atoms with Crippen LogP contribution in [0.2, 0.25) is 16.6 Å². The van der Waals surface area contributed by atoms with E-state index >= 15 is 0 Å². The molecule has 1 aliphatic heterocycles. The Morgan fingerprint density at radius 3 is 1.91 bits per heavy atom. The van der Waals surface area contributed by atoms with Crippen LogP contribution < -0.4 is 0 Å². The van der Waals surface area contributed by atoms with E-state index in [1.165, 1.54) is 0 Å². The van der Waals surface area contributed by atoms with Gasteiger partial charge in [-0.2, -0.15) is 0 Å².